The van der Waals surface area contributed by atoms with Crippen molar-refractivity contribution < 1.29 is 0 Å². The molecular weight excluding hydrogens is 402 g/mol. The van der Waals surface area contributed by atoms with Crippen LogP contribution in [0.15, 0.2) is 60.9 Å². The van der Waals surface area contributed by atoms with E-state index < -0.39 is 0 Å². The summed E-state index contributed by atoms with van der Waals surface area (Å²) in [5.74, 6) is 0.857. The highest BCUT2D eigenvalue weighted by Gasteiger charge is 2.09. The van der Waals surface area contributed by atoms with Gasteiger partial charge in [-0.1, -0.05) is 47.2 Å². The highest BCUT2D eigenvalue weighted by atomic mass is 35.5. The third-order valence-corrected chi connectivity index (χ3v) is 5.95. The summed E-state index contributed by atoms with van der Waals surface area (Å²) in [6.45, 7) is 0.657. The molecule has 4 rings (SSSR count). The lowest BCUT2D eigenvalue weighted by Crippen LogP contribution is -2.31. The van der Waals surface area contributed by atoms with Gasteiger partial charge in [-0.3, -0.25) is 0 Å². The van der Waals surface area contributed by atoms with E-state index in [1.54, 1.807) is 11.3 Å². The van der Waals surface area contributed by atoms with E-state index in [9.17, 15) is 0 Å². The van der Waals surface area contributed by atoms with Gasteiger partial charge in [0, 0.05) is 42.4 Å². The van der Waals surface area contributed by atoms with Gasteiger partial charge in [0.2, 0.25) is 0 Å². The molecule has 0 spiro atoms. The quantitative estimate of drug-likeness (QED) is 0.388. The van der Waals surface area contributed by atoms with Crippen molar-refractivity contribution in [3.05, 3.63) is 71.5 Å². The molecule has 0 saturated carbocycles. The molecule has 148 valence electrons. The van der Waals surface area contributed by atoms with E-state index in [-0.39, 0.29) is 6.04 Å². The van der Waals surface area contributed by atoms with Gasteiger partial charge in [-0.15, -0.1) is 0 Å². The summed E-state index contributed by atoms with van der Waals surface area (Å²) in [5.41, 5.74) is 8.59. The Bertz CT molecular complexity index is 1110. The molecule has 7 heteroatoms. The predicted molar refractivity (Wildman–Crippen MR) is 124 cm³/mol. The highest BCUT2D eigenvalue weighted by Crippen LogP contribution is 2.31. The van der Waals surface area contributed by atoms with E-state index in [0.29, 0.717) is 6.54 Å². The zero-order valence-corrected chi connectivity index (χ0v) is 17.6. The second kappa shape index (κ2) is 8.78. The van der Waals surface area contributed by atoms with Crippen LogP contribution in [0.5, 0.6) is 0 Å². The number of nitrogens with two attached hydrogens (primary N) is 1. The van der Waals surface area contributed by atoms with Gasteiger partial charge in [0.15, 0.2) is 5.13 Å². The minimum Gasteiger partial charge on any atom is -0.373 e. The van der Waals surface area contributed by atoms with Gasteiger partial charge < -0.3 is 16.4 Å². The van der Waals surface area contributed by atoms with Crippen molar-refractivity contribution in [1.29, 1.82) is 0 Å². The largest absolute Gasteiger partial charge is 0.373 e. The summed E-state index contributed by atoms with van der Waals surface area (Å²) in [6.07, 6.45) is 4.57. The number of thiazole rings is 1. The summed E-state index contributed by atoms with van der Waals surface area (Å²) in [6, 6.07) is 16.2. The molecule has 2 aromatic carbocycles. The number of benzene rings is 2. The molecule has 0 bridgehead atoms. The van der Waals surface area contributed by atoms with Crippen LogP contribution in [0.1, 0.15) is 5.56 Å². The van der Waals surface area contributed by atoms with Crippen molar-refractivity contribution in [3.8, 4) is 10.4 Å². The van der Waals surface area contributed by atoms with Crippen LogP contribution in [0.25, 0.3) is 21.2 Å². The Kier molecular flexibility index (Phi) is 5.94. The van der Waals surface area contributed by atoms with Crippen molar-refractivity contribution in [3.63, 3.8) is 0 Å². The maximum absolute atomic E-state index is 6.27. The van der Waals surface area contributed by atoms with Gasteiger partial charge in [-0.2, -0.15) is 0 Å². The van der Waals surface area contributed by atoms with Crippen molar-refractivity contribution >= 4 is 44.7 Å². The highest BCUT2D eigenvalue weighted by molar-refractivity contribution is 7.18. The fourth-order valence-corrected chi connectivity index (χ4v) is 4.08. The summed E-state index contributed by atoms with van der Waals surface area (Å²) < 4.78 is 0. The van der Waals surface area contributed by atoms with E-state index in [0.717, 1.165) is 43.6 Å². The molecule has 0 aliphatic carbocycles. The van der Waals surface area contributed by atoms with Crippen LogP contribution in [0.2, 0.25) is 5.02 Å². The van der Waals surface area contributed by atoms with Crippen LogP contribution in [-0.4, -0.2) is 29.6 Å². The lowest BCUT2D eigenvalue weighted by atomic mass is 10.1. The first kappa shape index (κ1) is 19.6. The van der Waals surface area contributed by atoms with E-state index in [2.05, 4.69) is 44.9 Å². The second-order valence-electron chi connectivity index (χ2n) is 6.88. The molecule has 5 nitrogen and oxygen atoms in total. The molecule has 0 amide bonds. The molecule has 0 aliphatic heterocycles. The Labute approximate surface area is 179 Å². The standard InChI is InChI=1S/C22H22ClN5S/c1-25-21-10-17-9-15(4-5-16(17)11-26-21)20-13-28-22(29-20)27-12-19(24)8-14-2-6-18(23)7-3-14/h2-7,9-11,13,19H,8,12,24H2,1H3,(H,25,26)(H,27,28). The fraction of sp³-hybridized carbons (Fsp3) is 0.182. The number of hydrogen-bond donors (Lipinski definition) is 3. The molecule has 4 N–H and O–H groups in total. The first-order valence-corrected chi connectivity index (χ1v) is 10.6. The summed E-state index contributed by atoms with van der Waals surface area (Å²) in [5, 5.41) is 10.3. The molecule has 2 aromatic heterocycles. The molecule has 0 saturated heterocycles. The van der Waals surface area contributed by atoms with Crippen molar-refractivity contribution in [2.75, 3.05) is 24.2 Å². The maximum atomic E-state index is 6.27. The molecule has 4 aromatic rings. The average molecular weight is 424 g/mol. The lowest BCUT2D eigenvalue weighted by Gasteiger charge is -2.12. The van der Waals surface area contributed by atoms with Crippen LogP contribution in [0.4, 0.5) is 10.9 Å². The van der Waals surface area contributed by atoms with Gasteiger partial charge in [0.05, 0.1) is 4.88 Å². The molecule has 29 heavy (non-hydrogen) atoms. The molecule has 0 radical (unpaired) electrons. The summed E-state index contributed by atoms with van der Waals surface area (Å²) in [4.78, 5) is 9.98. The monoisotopic (exact) mass is 423 g/mol. The molecule has 2 heterocycles. The van der Waals surface area contributed by atoms with E-state index in [1.807, 2.05) is 43.7 Å². The predicted octanol–water partition coefficient (Wildman–Crippen LogP) is 5.04. The summed E-state index contributed by atoms with van der Waals surface area (Å²) >= 11 is 7.56. The second-order valence-corrected chi connectivity index (χ2v) is 8.35. The molecule has 1 atom stereocenters. The maximum Gasteiger partial charge on any atom is 0.183 e. The normalized spacial score (nSPS) is 12.1. The Balaban J connectivity index is 1.41. The number of rotatable bonds is 7. The lowest BCUT2D eigenvalue weighted by molar-refractivity contribution is 0.699. The SMILES string of the molecule is CNc1cc2cc(-c3cnc(NCC(N)Cc4ccc(Cl)cc4)s3)ccc2cn1. The zero-order valence-electron chi connectivity index (χ0n) is 16.0. The number of nitrogens with one attached hydrogen (secondary N) is 2. The van der Waals surface area contributed by atoms with Crippen LogP contribution < -0.4 is 16.4 Å². The number of fused-ring (bicyclic) bond motifs is 1. The minimum atomic E-state index is -0.00309. The van der Waals surface area contributed by atoms with Crippen molar-refractivity contribution in [2.24, 2.45) is 5.73 Å². The number of anilines is 2. The van der Waals surface area contributed by atoms with Crippen LogP contribution in [0.3, 0.4) is 0 Å². The number of pyridine rings is 1. The Morgan fingerprint density at radius 1 is 1.03 bits per heavy atom. The Hall–Kier alpha value is -2.67. The van der Waals surface area contributed by atoms with Gasteiger partial charge in [0.1, 0.15) is 5.82 Å². The summed E-state index contributed by atoms with van der Waals surface area (Å²) in [7, 11) is 1.87. The number of nitrogens with zero attached hydrogens (tertiary/aromatic N) is 2. The van der Waals surface area contributed by atoms with Gasteiger partial charge in [-0.25, -0.2) is 9.97 Å². The first-order valence-electron chi connectivity index (χ1n) is 9.38. The molecule has 1 unspecified atom stereocenters. The fourth-order valence-electron chi connectivity index (χ4n) is 3.13. The van der Waals surface area contributed by atoms with E-state index in [4.69, 9.17) is 17.3 Å². The third-order valence-electron chi connectivity index (χ3n) is 4.69. The van der Waals surface area contributed by atoms with Crippen LogP contribution in [-0.2, 0) is 6.42 Å². The smallest absolute Gasteiger partial charge is 0.183 e. The van der Waals surface area contributed by atoms with Crippen LogP contribution >= 0.6 is 22.9 Å². The van der Waals surface area contributed by atoms with E-state index in [1.165, 1.54) is 5.56 Å². The average Bonchev–Trinajstić information content (AvgIpc) is 3.22. The first-order chi connectivity index (χ1) is 14.1. The molecule has 0 fully saturated rings. The Morgan fingerprint density at radius 3 is 2.66 bits per heavy atom. The zero-order chi connectivity index (χ0) is 20.2. The van der Waals surface area contributed by atoms with E-state index >= 15 is 0 Å². The number of aromatic nitrogens is 2. The van der Waals surface area contributed by atoms with Crippen molar-refractivity contribution in [2.45, 2.75) is 12.5 Å². The third kappa shape index (κ3) is 4.85. The Morgan fingerprint density at radius 2 is 1.86 bits per heavy atom. The van der Waals surface area contributed by atoms with Crippen LogP contribution in [0, 0.1) is 0 Å². The van der Waals surface area contributed by atoms with Gasteiger partial charge in [-0.05, 0) is 47.2 Å². The number of hydrogen-bond acceptors (Lipinski definition) is 6. The number of halogens is 1. The van der Waals surface area contributed by atoms with Gasteiger partial charge in [0.25, 0.3) is 0 Å². The topological polar surface area (TPSA) is 75.9 Å². The molecule has 0 aliphatic rings. The minimum absolute atomic E-state index is 0.00309. The molecular formula is C22H22ClN5S. The van der Waals surface area contributed by atoms with Crippen molar-refractivity contribution in [1.82, 2.24) is 9.97 Å². The van der Waals surface area contributed by atoms with Gasteiger partial charge >= 0.3 is 0 Å².